The fourth-order valence-electron chi connectivity index (χ4n) is 4.54. The Hall–Kier alpha value is -3.57. The molecule has 2 aliphatic rings. The van der Waals surface area contributed by atoms with Gasteiger partial charge in [-0.1, -0.05) is 18.9 Å². The van der Waals surface area contributed by atoms with Gasteiger partial charge >= 0.3 is 6.18 Å². The number of hydrogen-bond acceptors (Lipinski definition) is 4. The highest BCUT2D eigenvalue weighted by Crippen LogP contribution is 2.35. The van der Waals surface area contributed by atoms with Crippen molar-refractivity contribution in [3.63, 3.8) is 0 Å². The smallest absolute Gasteiger partial charge is 0.368 e. The molecule has 0 radical (unpaired) electrons. The van der Waals surface area contributed by atoms with Crippen LogP contribution < -0.4 is 21.7 Å². The van der Waals surface area contributed by atoms with Gasteiger partial charge in [-0.05, 0) is 49.8 Å². The molecule has 4 amide bonds. The van der Waals surface area contributed by atoms with E-state index >= 15 is 0 Å². The number of alkyl halides is 3. The van der Waals surface area contributed by atoms with Crippen LogP contribution in [0.3, 0.4) is 0 Å². The minimum atomic E-state index is -4.59. The van der Waals surface area contributed by atoms with E-state index in [2.05, 4.69) is 20.9 Å². The zero-order chi connectivity index (χ0) is 26.0. The Balaban J connectivity index is 1.48. The van der Waals surface area contributed by atoms with Crippen molar-refractivity contribution < 1.29 is 32.3 Å². The number of piperidine rings is 1. The number of amides is 4. The second-order valence-electron chi connectivity index (χ2n) is 9.48. The summed E-state index contributed by atoms with van der Waals surface area (Å²) < 4.78 is 40.0. The highest BCUT2D eigenvalue weighted by Gasteiger charge is 2.36. The van der Waals surface area contributed by atoms with Crippen LogP contribution in [0.2, 0.25) is 0 Å². The predicted octanol–water partition coefficient (Wildman–Crippen LogP) is 1.97. The Kier molecular flexibility index (Phi) is 7.23. The molecule has 2 aromatic rings. The standard InChI is InChI=1S/C24H28F3N5O4/c25-24(26,27)15-4-1-5-16-14(15)11-19(30-16)23(36)32-18(9-12-6-7-12)22(35)31-17(20(28)33)10-13-3-2-8-29-21(13)34/h1,4-5,11-13,17-18,30H,2-3,6-10H2,(H2,28,33)(H,29,34)(H,31,35)(H,32,36)/t13-,17?,18?/m0/s1. The Labute approximate surface area is 204 Å². The van der Waals surface area contributed by atoms with Crippen molar-refractivity contribution in [2.45, 2.75) is 56.8 Å². The van der Waals surface area contributed by atoms with Gasteiger partial charge in [0.15, 0.2) is 0 Å². The predicted molar refractivity (Wildman–Crippen MR) is 123 cm³/mol. The van der Waals surface area contributed by atoms with E-state index in [9.17, 15) is 32.3 Å². The number of primary amides is 1. The normalized spacial score (nSPS) is 19.9. The molecule has 0 bridgehead atoms. The van der Waals surface area contributed by atoms with Crippen LogP contribution in [0.1, 0.15) is 54.6 Å². The number of carbonyl (C=O) groups is 4. The summed E-state index contributed by atoms with van der Waals surface area (Å²) in [6.45, 7) is 0.552. The van der Waals surface area contributed by atoms with Crippen molar-refractivity contribution in [1.82, 2.24) is 20.9 Å². The first kappa shape index (κ1) is 25.5. The minimum Gasteiger partial charge on any atom is -0.368 e. The Morgan fingerprint density at radius 2 is 1.83 bits per heavy atom. The molecule has 1 saturated carbocycles. The molecule has 4 rings (SSSR count). The van der Waals surface area contributed by atoms with Crippen LogP contribution in [0.15, 0.2) is 24.3 Å². The average Bonchev–Trinajstić information content (AvgIpc) is 3.52. The Bertz CT molecular complexity index is 1170. The molecular weight excluding hydrogens is 479 g/mol. The van der Waals surface area contributed by atoms with Gasteiger partial charge in [-0.3, -0.25) is 19.2 Å². The molecule has 194 valence electrons. The molecule has 1 aromatic carbocycles. The summed E-state index contributed by atoms with van der Waals surface area (Å²) >= 11 is 0. The van der Waals surface area contributed by atoms with E-state index in [1.54, 1.807) is 0 Å². The highest BCUT2D eigenvalue weighted by atomic mass is 19.4. The lowest BCUT2D eigenvalue weighted by molar-refractivity contribution is -0.136. The fourth-order valence-corrected chi connectivity index (χ4v) is 4.54. The lowest BCUT2D eigenvalue weighted by Gasteiger charge is -2.27. The van der Waals surface area contributed by atoms with Crippen LogP contribution in [0.4, 0.5) is 13.2 Å². The Morgan fingerprint density at radius 1 is 1.08 bits per heavy atom. The Morgan fingerprint density at radius 3 is 2.47 bits per heavy atom. The van der Waals surface area contributed by atoms with Crippen molar-refractivity contribution in [3.8, 4) is 0 Å². The van der Waals surface area contributed by atoms with E-state index in [0.717, 1.165) is 31.4 Å². The maximum absolute atomic E-state index is 13.3. The summed E-state index contributed by atoms with van der Waals surface area (Å²) in [7, 11) is 0. The number of H-pyrrole nitrogens is 1. The third-order valence-corrected chi connectivity index (χ3v) is 6.68. The van der Waals surface area contributed by atoms with E-state index < -0.39 is 47.5 Å². The molecule has 12 heteroatoms. The summed E-state index contributed by atoms with van der Waals surface area (Å²) in [5, 5.41) is 7.71. The zero-order valence-corrected chi connectivity index (χ0v) is 19.4. The van der Waals surface area contributed by atoms with Gasteiger partial charge in [0.25, 0.3) is 5.91 Å². The highest BCUT2D eigenvalue weighted by molar-refractivity contribution is 6.01. The summed E-state index contributed by atoms with van der Waals surface area (Å²) in [4.78, 5) is 52.8. The lowest BCUT2D eigenvalue weighted by atomic mass is 9.91. The topological polar surface area (TPSA) is 146 Å². The van der Waals surface area contributed by atoms with E-state index in [0.29, 0.717) is 19.4 Å². The van der Waals surface area contributed by atoms with Crippen molar-refractivity contribution in [3.05, 3.63) is 35.5 Å². The number of hydrogen-bond donors (Lipinski definition) is 5. The van der Waals surface area contributed by atoms with Gasteiger partial charge in [-0.15, -0.1) is 0 Å². The third kappa shape index (κ3) is 5.97. The number of halogens is 3. The molecular formula is C24H28F3N5O4. The third-order valence-electron chi connectivity index (χ3n) is 6.68. The van der Waals surface area contributed by atoms with Crippen molar-refractivity contribution in [1.29, 1.82) is 0 Å². The summed E-state index contributed by atoms with van der Waals surface area (Å²) in [6, 6.07) is 2.57. The van der Waals surface area contributed by atoms with Crippen LogP contribution in [-0.2, 0) is 20.6 Å². The number of fused-ring (bicyclic) bond motifs is 1. The van der Waals surface area contributed by atoms with Gasteiger partial charge < -0.3 is 26.7 Å². The van der Waals surface area contributed by atoms with Crippen molar-refractivity contribution >= 4 is 34.5 Å². The van der Waals surface area contributed by atoms with E-state index in [4.69, 9.17) is 5.73 Å². The second-order valence-corrected chi connectivity index (χ2v) is 9.48. The molecule has 2 unspecified atom stereocenters. The van der Waals surface area contributed by atoms with Crippen LogP contribution in [0.25, 0.3) is 10.9 Å². The largest absolute Gasteiger partial charge is 0.417 e. The molecule has 3 atom stereocenters. The van der Waals surface area contributed by atoms with Crippen LogP contribution >= 0.6 is 0 Å². The SMILES string of the molecule is NC(=O)C(C[C@@H]1CCCNC1=O)NC(=O)C(CC1CC1)NC(=O)c1cc2c(C(F)(F)F)cccc2[nH]1. The number of aromatic amines is 1. The zero-order valence-electron chi connectivity index (χ0n) is 19.4. The van der Waals surface area contributed by atoms with Gasteiger partial charge in [-0.25, -0.2) is 0 Å². The van der Waals surface area contributed by atoms with Gasteiger partial charge in [0, 0.05) is 23.4 Å². The van der Waals surface area contributed by atoms with Gasteiger partial charge in [-0.2, -0.15) is 13.2 Å². The second kappa shape index (κ2) is 10.2. The van der Waals surface area contributed by atoms with Gasteiger partial charge in [0.2, 0.25) is 17.7 Å². The monoisotopic (exact) mass is 507 g/mol. The number of nitrogens with one attached hydrogen (secondary N) is 4. The van der Waals surface area contributed by atoms with Crippen molar-refractivity contribution in [2.75, 3.05) is 6.54 Å². The number of aromatic nitrogens is 1. The van der Waals surface area contributed by atoms with E-state index in [-0.39, 0.29) is 34.8 Å². The molecule has 9 nitrogen and oxygen atoms in total. The molecule has 2 heterocycles. The van der Waals surface area contributed by atoms with Gasteiger partial charge in [0.05, 0.1) is 5.56 Å². The molecule has 0 spiro atoms. The van der Waals surface area contributed by atoms with Gasteiger partial charge in [0.1, 0.15) is 17.8 Å². The molecule has 36 heavy (non-hydrogen) atoms. The first-order chi connectivity index (χ1) is 17.0. The first-order valence-electron chi connectivity index (χ1n) is 11.9. The molecule has 1 aromatic heterocycles. The van der Waals surface area contributed by atoms with E-state index in [1.165, 1.54) is 12.1 Å². The fraction of sp³-hybridized carbons (Fsp3) is 0.500. The summed E-state index contributed by atoms with van der Waals surface area (Å²) in [5.74, 6) is -2.65. The van der Waals surface area contributed by atoms with Crippen molar-refractivity contribution in [2.24, 2.45) is 17.6 Å². The van der Waals surface area contributed by atoms with Crippen LogP contribution in [0.5, 0.6) is 0 Å². The summed E-state index contributed by atoms with van der Waals surface area (Å²) in [6.07, 6.45) is -1.18. The van der Waals surface area contributed by atoms with Crippen LogP contribution in [0, 0.1) is 11.8 Å². The van der Waals surface area contributed by atoms with Crippen LogP contribution in [-0.4, -0.2) is 47.2 Å². The number of nitrogens with two attached hydrogens (primary N) is 1. The molecule has 1 aliphatic carbocycles. The quantitative estimate of drug-likeness (QED) is 0.353. The molecule has 2 fully saturated rings. The summed E-state index contributed by atoms with van der Waals surface area (Å²) in [5.41, 5.74) is 4.61. The lowest BCUT2D eigenvalue weighted by Crippen LogP contribution is -2.54. The maximum atomic E-state index is 13.3. The minimum absolute atomic E-state index is 0.0409. The average molecular weight is 508 g/mol. The maximum Gasteiger partial charge on any atom is 0.417 e. The number of carbonyl (C=O) groups excluding carboxylic acids is 4. The first-order valence-corrected chi connectivity index (χ1v) is 11.9. The van der Waals surface area contributed by atoms with E-state index in [1.807, 2.05) is 0 Å². The molecule has 1 aliphatic heterocycles. The number of benzene rings is 1. The molecule has 6 N–H and O–H groups in total. The molecule has 1 saturated heterocycles. The number of rotatable bonds is 9.